The number of fused-ring (bicyclic) bond motifs is 2. The lowest BCUT2D eigenvalue weighted by Crippen LogP contribution is -2.15. The Morgan fingerprint density at radius 1 is 1.05 bits per heavy atom. The molecule has 0 unspecified atom stereocenters. The van der Waals surface area contributed by atoms with E-state index >= 15 is 0 Å². The highest BCUT2D eigenvalue weighted by molar-refractivity contribution is 6.21. The molecular formula is C16H10FNO3. The molecule has 0 spiro atoms. The Hall–Kier alpha value is -2.69. The van der Waals surface area contributed by atoms with Gasteiger partial charge in [0, 0.05) is 17.2 Å². The monoisotopic (exact) mass is 283 g/mol. The zero-order chi connectivity index (χ0) is 14.4. The average Bonchev–Trinajstić information content (AvgIpc) is 2.93. The van der Waals surface area contributed by atoms with E-state index in [0.717, 1.165) is 0 Å². The van der Waals surface area contributed by atoms with E-state index in [1.807, 2.05) is 0 Å². The number of rotatable bonds is 1. The molecule has 0 saturated heterocycles. The molecule has 0 saturated carbocycles. The zero-order valence-corrected chi connectivity index (χ0v) is 10.9. The molecule has 21 heavy (non-hydrogen) atoms. The predicted molar refractivity (Wildman–Crippen MR) is 74.1 cm³/mol. The minimum Gasteiger partial charge on any atom is -0.454 e. The fourth-order valence-corrected chi connectivity index (χ4v) is 2.53. The number of Topliss-reactive ketones (excluding diaryl/α,β-unsaturated/α-hetero) is 1. The molecule has 0 N–H and O–H groups in total. The Balaban J connectivity index is 1.87. The first kappa shape index (κ1) is 12.1. The Kier molecular flexibility index (Phi) is 2.54. The van der Waals surface area contributed by atoms with Crippen LogP contribution in [0.15, 0.2) is 41.4 Å². The Labute approximate surface area is 119 Å². The van der Waals surface area contributed by atoms with E-state index < -0.39 is 0 Å². The van der Waals surface area contributed by atoms with Crippen LogP contribution >= 0.6 is 0 Å². The lowest BCUT2D eigenvalue weighted by Gasteiger charge is -2.15. The molecule has 0 aromatic heterocycles. The topological polar surface area (TPSA) is 47.9 Å². The summed E-state index contributed by atoms with van der Waals surface area (Å²) in [5.41, 5.74) is 1.77. The fourth-order valence-electron chi connectivity index (χ4n) is 2.53. The molecule has 2 aromatic rings. The van der Waals surface area contributed by atoms with Crippen molar-refractivity contribution in [3.8, 4) is 11.5 Å². The minimum absolute atomic E-state index is 0.0770. The fraction of sp³-hybridized carbons (Fsp3) is 0.125. The van der Waals surface area contributed by atoms with Crippen molar-refractivity contribution in [2.45, 2.75) is 6.42 Å². The molecule has 104 valence electrons. The van der Waals surface area contributed by atoms with Crippen LogP contribution in [-0.4, -0.2) is 18.3 Å². The summed E-state index contributed by atoms with van der Waals surface area (Å²) in [5, 5.41) is 0. The molecule has 0 bridgehead atoms. The lowest BCUT2D eigenvalue weighted by molar-refractivity contribution is 0.0999. The third-order valence-electron chi connectivity index (χ3n) is 3.56. The maximum atomic E-state index is 13.9. The van der Waals surface area contributed by atoms with Crippen molar-refractivity contribution in [2.75, 3.05) is 6.79 Å². The van der Waals surface area contributed by atoms with Crippen molar-refractivity contribution in [2.24, 2.45) is 4.99 Å². The summed E-state index contributed by atoms with van der Waals surface area (Å²) < 4.78 is 24.4. The van der Waals surface area contributed by atoms with Crippen molar-refractivity contribution in [3.05, 3.63) is 53.3 Å². The van der Waals surface area contributed by atoms with Crippen LogP contribution in [0.4, 0.5) is 10.1 Å². The van der Waals surface area contributed by atoms with Crippen LogP contribution in [0, 0.1) is 5.82 Å². The molecule has 2 heterocycles. The summed E-state index contributed by atoms with van der Waals surface area (Å²) in [6, 6.07) is 9.62. The van der Waals surface area contributed by atoms with Gasteiger partial charge < -0.3 is 9.47 Å². The lowest BCUT2D eigenvalue weighted by atomic mass is 9.95. The van der Waals surface area contributed by atoms with Gasteiger partial charge in [-0.15, -0.1) is 0 Å². The maximum Gasteiger partial charge on any atom is 0.231 e. The van der Waals surface area contributed by atoms with Crippen LogP contribution in [-0.2, 0) is 0 Å². The summed E-state index contributed by atoms with van der Waals surface area (Å²) in [5.74, 6) is 0.622. The van der Waals surface area contributed by atoms with Gasteiger partial charge in [0.2, 0.25) is 6.79 Å². The Bertz CT molecular complexity index is 798. The van der Waals surface area contributed by atoms with E-state index in [9.17, 15) is 9.18 Å². The second-order valence-corrected chi connectivity index (χ2v) is 4.86. The summed E-state index contributed by atoms with van der Waals surface area (Å²) in [4.78, 5) is 16.7. The summed E-state index contributed by atoms with van der Waals surface area (Å²) in [6.45, 7) is 0.135. The number of halogens is 1. The average molecular weight is 283 g/mol. The van der Waals surface area contributed by atoms with Crippen LogP contribution in [0.1, 0.15) is 22.3 Å². The van der Waals surface area contributed by atoms with Gasteiger partial charge in [0.1, 0.15) is 5.82 Å². The molecule has 0 aliphatic carbocycles. The van der Waals surface area contributed by atoms with Crippen LogP contribution < -0.4 is 9.47 Å². The smallest absolute Gasteiger partial charge is 0.231 e. The molecule has 4 nitrogen and oxygen atoms in total. The van der Waals surface area contributed by atoms with Crippen LogP contribution in [0.2, 0.25) is 0 Å². The molecule has 0 amide bonds. The van der Waals surface area contributed by atoms with Gasteiger partial charge in [-0.25, -0.2) is 4.39 Å². The number of benzene rings is 2. The number of hydrogen-bond acceptors (Lipinski definition) is 4. The van der Waals surface area contributed by atoms with E-state index in [-0.39, 0.29) is 24.8 Å². The van der Waals surface area contributed by atoms with Gasteiger partial charge >= 0.3 is 0 Å². The first-order valence-electron chi connectivity index (χ1n) is 6.52. The molecule has 2 aromatic carbocycles. The van der Waals surface area contributed by atoms with E-state index in [1.54, 1.807) is 30.3 Å². The third kappa shape index (κ3) is 1.89. The first-order valence-corrected chi connectivity index (χ1v) is 6.52. The predicted octanol–water partition coefficient (Wildman–Crippen LogP) is 3.26. The number of carbonyl (C=O) groups excluding carboxylic acids is 1. The van der Waals surface area contributed by atoms with Gasteiger partial charge in [-0.1, -0.05) is 18.2 Å². The van der Waals surface area contributed by atoms with Crippen molar-refractivity contribution in [1.82, 2.24) is 0 Å². The van der Waals surface area contributed by atoms with Gasteiger partial charge in [0.25, 0.3) is 0 Å². The van der Waals surface area contributed by atoms with Crippen molar-refractivity contribution in [3.63, 3.8) is 0 Å². The second kappa shape index (κ2) is 4.41. The Morgan fingerprint density at radius 2 is 1.81 bits per heavy atom. The standard InChI is InChI=1S/C16H10FNO3/c17-11-4-2-1-3-9(11)12-6-14(19)10-5-15-16(21-8-20-15)7-13(10)18-12/h1-5,7H,6,8H2. The molecule has 4 rings (SSSR count). The molecule has 2 aliphatic heterocycles. The van der Waals surface area contributed by atoms with Gasteiger partial charge in [-0.3, -0.25) is 9.79 Å². The minimum atomic E-state index is -0.381. The maximum absolute atomic E-state index is 13.9. The molecule has 5 heteroatoms. The quantitative estimate of drug-likeness (QED) is 0.807. The van der Waals surface area contributed by atoms with Gasteiger partial charge in [-0.05, 0) is 12.1 Å². The number of carbonyl (C=O) groups is 1. The summed E-state index contributed by atoms with van der Waals surface area (Å²) >= 11 is 0. The number of aliphatic imine (C=N–C) groups is 1. The summed E-state index contributed by atoms with van der Waals surface area (Å²) in [7, 11) is 0. The van der Waals surface area contributed by atoms with Crippen molar-refractivity contribution >= 4 is 17.2 Å². The van der Waals surface area contributed by atoms with Crippen molar-refractivity contribution in [1.29, 1.82) is 0 Å². The normalized spacial score (nSPS) is 15.7. The van der Waals surface area contributed by atoms with Gasteiger partial charge in [-0.2, -0.15) is 0 Å². The first-order chi connectivity index (χ1) is 10.2. The number of nitrogens with zero attached hydrogens (tertiary/aromatic N) is 1. The van der Waals surface area contributed by atoms with E-state index in [2.05, 4.69) is 4.99 Å². The highest BCUT2D eigenvalue weighted by Crippen LogP contribution is 2.40. The largest absolute Gasteiger partial charge is 0.454 e. The molecule has 0 radical (unpaired) electrons. The highest BCUT2D eigenvalue weighted by Gasteiger charge is 2.26. The van der Waals surface area contributed by atoms with Gasteiger partial charge in [0.15, 0.2) is 17.3 Å². The van der Waals surface area contributed by atoms with Crippen molar-refractivity contribution < 1.29 is 18.7 Å². The second-order valence-electron chi connectivity index (χ2n) is 4.86. The molecule has 2 aliphatic rings. The van der Waals surface area contributed by atoms with E-state index in [4.69, 9.17) is 9.47 Å². The molecule has 0 fully saturated rings. The number of ketones is 1. The van der Waals surface area contributed by atoms with Gasteiger partial charge in [0.05, 0.1) is 17.8 Å². The highest BCUT2D eigenvalue weighted by atomic mass is 19.1. The van der Waals surface area contributed by atoms with Crippen LogP contribution in [0.3, 0.4) is 0 Å². The summed E-state index contributed by atoms with van der Waals surface area (Å²) in [6.07, 6.45) is 0.0770. The number of ether oxygens (including phenoxy) is 2. The number of hydrogen-bond donors (Lipinski definition) is 0. The zero-order valence-electron chi connectivity index (χ0n) is 10.9. The SMILES string of the molecule is O=C1CC(c2ccccc2F)=Nc2cc3c(cc21)OCO3. The van der Waals surface area contributed by atoms with Crippen LogP contribution in [0.25, 0.3) is 0 Å². The Morgan fingerprint density at radius 3 is 2.62 bits per heavy atom. The third-order valence-corrected chi connectivity index (χ3v) is 3.56. The van der Waals surface area contributed by atoms with E-state index in [1.165, 1.54) is 6.07 Å². The molecular weight excluding hydrogens is 273 g/mol. The molecule has 0 atom stereocenters. The van der Waals surface area contributed by atoms with E-state index in [0.29, 0.717) is 34.0 Å². The van der Waals surface area contributed by atoms with Crippen LogP contribution in [0.5, 0.6) is 11.5 Å².